The summed E-state index contributed by atoms with van der Waals surface area (Å²) >= 11 is 0. The van der Waals surface area contributed by atoms with Crippen molar-refractivity contribution in [2.24, 2.45) is 0 Å². The van der Waals surface area contributed by atoms with Crippen molar-refractivity contribution in [3.05, 3.63) is 124 Å². The highest BCUT2D eigenvalue weighted by atomic mass is 32.2. The fraction of sp³-hybridized carbons (Fsp3) is 0.270. The number of amides is 2. The molecule has 0 unspecified atom stereocenters. The van der Waals surface area contributed by atoms with E-state index in [0.717, 1.165) is 33.8 Å². The molecular weight excluding hydrogens is 644 g/mol. The molecule has 1 heterocycles. The first-order valence-corrected chi connectivity index (χ1v) is 17.2. The van der Waals surface area contributed by atoms with E-state index in [2.05, 4.69) is 6.07 Å². The molecule has 0 aromatic heterocycles. The van der Waals surface area contributed by atoms with Crippen LogP contribution in [0.15, 0.2) is 95.9 Å². The van der Waals surface area contributed by atoms with Crippen LogP contribution in [0.2, 0.25) is 0 Å². The third-order valence-electron chi connectivity index (χ3n) is 8.83. The Hall–Kier alpha value is -5.06. The maximum atomic E-state index is 13.7. The van der Waals surface area contributed by atoms with Gasteiger partial charge in [0.2, 0.25) is 15.9 Å². The Kier molecular flexibility index (Phi) is 10.8. The zero-order valence-corrected chi connectivity index (χ0v) is 28.0. The molecule has 3 N–H and O–H groups in total. The second kappa shape index (κ2) is 15.0. The first-order valence-electron chi connectivity index (χ1n) is 15.8. The summed E-state index contributed by atoms with van der Waals surface area (Å²) in [4.78, 5) is 29.9. The minimum absolute atomic E-state index is 0.0511. The number of aromatic hydroxyl groups is 1. The van der Waals surface area contributed by atoms with Crippen molar-refractivity contribution >= 4 is 27.5 Å². The van der Waals surface area contributed by atoms with Gasteiger partial charge in [-0.1, -0.05) is 42.0 Å². The second-order valence-corrected chi connectivity index (χ2v) is 14.2. The Bertz CT molecular complexity index is 1950. The van der Waals surface area contributed by atoms with E-state index in [0.29, 0.717) is 24.2 Å². The number of aliphatic hydroxyl groups is 2. The first kappa shape index (κ1) is 35.3. The largest absolute Gasteiger partial charge is 0.507 e. The van der Waals surface area contributed by atoms with Crippen LogP contribution in [0.5, 0.6) is 5.75 Å². The van der Waals surface area contributed by atoms with Gasteiger partial charge in [0.25, 0.3) is 5.91 Å². The van der Waals surface area contributed by atoms with E-state index in [9.17, 15) is 33.3 Å². The molecule has 0 spiro atoms. The summed E-state index contributed by atoms with van der Waals surface area (Å²) in [6.07, 6.45) is -0.371. The number of likely N-dealkylation sites (tertiary alicyclic amines) is 1. The maximum Gasteiger partial charge on any atom is 0.253 e. The van der Waals surface area contributed by atoms with E-state index in [4.69, 9.17) is 5.26 Å². The van der Waals surface area contributed by atoms with Crippen LogP contribution in [-0.2, 0) is 21.4 Å². The molecule has 254 valence electrons. The van der Waals surface area contributed by atoms with Gasteiger partial charge < -0.3 is 25.1 Å². The highest BCUT2D eigenvalue weighted by molar-refractivity contribution is 7.89. The molecule has 0 aliphatic carbocycles. The standard InChI is InChI=1S/C37H38N4O7S/c1-25-3-14-32(15-4-25)49(47,48)39(2)24-35(43)41(31-13-16-33(37(45)46)34(42)21-31)23-27-7-9-28(10-8-27)29-17-19-40(20-18-29)36(44)30-11-5-26(22-38)6-12-30/h3-16,21,29,37,42,45-46H,17-20,23-24H2,1-2H3. The zero-order valence-electron chi connectivity index (χ0n) is 27.2. The number of phenolic OH excluding ortho intramolecular Hbond substituents is 1. The maximum absolute atomic E-state index is 13.7. The number of benzene rings is 4. The molecule has 1 saturated heterocycles. The van der Waals surface area contributed by atoms with Crippen molar-refractivity contribution in [3.8, 4) is 11.8 Å². The second-order valence-electron chi connectivity index (χ2n) is 12.2. The lowest BCUT2D eigenvalue weighted by Gasteiger charge is -2.32. The molecule has 1 aliphatic heterocycles. The van der Waals surface area contributed by atoms with Gasteiger partial charge in [-0.3, -0.25) is 9.59 Å². The third kappa shape index (κ3) is 8.16. The van der Waals surface area contributed by atoms with Gasteiger partial charge in [-0.05, 0) is 85.3 Å². The van der Waals surface area contributed by atoms with Gasteiger partial charge in [0, 0.05) is 43.0 Å². The number of aryl methyl sites for hydroxylation is 1. The smallest absolute Gasteiger partial charge is 0.253 e. The molecule has 5 rings (SSSR count). The van der Waals surface area contributed by atoms with Crippen LogP contribution < -0.4 is 4.90 Å². The third-order valence-corrected chi connectivity index (χ3v) is 10.6. The van der Waals surface area contributed by atoms with Crippen LogP contribution in [0.4, 0.5) is 5.69 Å². The van der Waals surface area contributed by atoms with Gasteiger partial charge >= 0.3 is 0 Å². The Labute approximate surface area is 285 Å². The highest BCUT2D eigenvalue weighted by Crippen LogP contribution is 2.32. The number of nitrogens with zero attached hydrogens (tertiary/aromatic N) is 4. The summed E-state index contributed by atoms with van der Waals surface area (Å²) in [5, 5.41) is 38.6. The van der Waals surface area contributed by atoms with E-state index in [-0.39, 0.29) is 34.5 Å². The lowest BCUT2D eigenvalue weighted by molar-refractivity contribution is -0.118. The van der Waals surface area contributed by atoms with Crippen molar-refractivity contribution in [2.45, 2.75) is 43.4 Å². The molecule has 0 bridgehead atoms. The molecule has 11 nitrogen and oxygen atoms in total. The average Bonchev–Trinajstić information content (AvgIpc) is 3.10. The quantitative estimate of drug-likeness (QED) is 0.207. The lowest BCUT2D eigenvalue weighted by atomic mass is 9.88. The van der Waals surface area contributed by atoms with Crippen LogP contribution >= 0.6 is 0 Å². The molecule has 49 heavy (non-hydrogen) atoms. The van der Waals surface area contributed by atoms with Crippen molar-refractivity contribution in [1.29, 1.82) is 5.26 Å². The van der Waals surface area contributed by atoms with Gasteiger partial charge in [-0.2, -0.15) is 9.57 Å². The minimum Gasteiger partial charge on any atom is -0.507 e. The predicted octanol–water partition coefficient (Wildman–Crippen LogP) is 4.43. The molecule has 0 saturated carbocycles. The highest BCUT2D eigenvalue weighted by Gasteiger charge is 2.28. The fourth-order valence-electron chi connectivity index (χ4n) is 5.86. The summed E-state index contributed by atoms with van der Waals surface area (Å²) in [5.74, 6) is -0.816. The molecular formula is C37H38N4O7S. The van der Waals surface area contributed by atoms with Crippen molar-refractivity contribution < 1.29 is 33.3 Å². The Balaban J connectivity index is 1.30. The van der Waals surface area contributed by atoms with Crippen LogP contribution in [0.1, 0.15) is 63.2 Å². The molecule has 2 amide bonds. The minimum atomic E-state index is -3.98. The molecule has 0 atom stereocenters. The summed E-state index contributed by atoms with van der Waals surface area (Å²) in [6, 6.07) is 26.8. The Morgan fingerprint density at radius 1 is 0.939 bits per heavy atom. The Morgan fingerprint density at radius 3 is 2.14 bits per heavy atom. The van der Waals surface area contributed by atoms with Crippen LogP contribution in [0.3, 0.4) is 0 Å². The number of nitriles is 1. The number of aliphatic hydroxyl groups excluding tert-OH is 1. The number of anilines is 1. The molecule has 4 aromatic carbocycles. The number of carbonyl (C=O) groups is 2. The number of hydrogen-bond donors (Lipinski definition) is 3. The van der Waals surface area contributed by atoms with Gasteiger partial charge in [0.1, 0.15) is 5.75 Å². The number of piperidine rings is 1. The van der Waals surface area contributed by atoms with E-state index in [1.54, 1.807) is 36.4 Å². The summed E-state index contributed by atoms with van der Waals surface area (Å²) in [5.41, 5.74) is 3.90. The van der Waals surface area contributed by atoms with Gasteiger partial charge in [-0.15, -0.1) is 0 Å². The van der Waals surface area contributed by atoms with Crippen molar-refractivity contribution in [1.82, 2.24) is 9.21 Å². The monoisotopic (exact) mass is 682 g/mol. The number of phenols is 1. The van der Waals surface area contributed by atoms with Gasteiger partial charge in [0.15, 0.2) is 6.29 Å². The number of hydrogen-bond acceptors (Lipinski definition) is 8. The summed E-state index contributed by atoms with van der Waals surface area (Å²) in [7, 11) is -2.65. The van der Waals surface area contributed by atoms with Crippen molar-refractivity contribution in [2.75, 3.05) is 31.6 Å². The SMILES string of the molecule is Cc1ccc(S(=O)(=O)N(C)CC(=O)N(Cc2ccc(C3CCN(C(=O)c4ccc(C#N)cc4)CC3)cc2)c2ccc(C(O)O)c(O)c2)cc1. The molecule has 0 radical (unpaired) electrons. The normalized spacial score (nSPS) is 13.8. The van der Waals surface area contributed by atoms with Gasteiger partial charge in [0.05, 0.1) is 29.6 Å². The van der Waals surface area contributed by atoms with E-state index < -0.39 is 34.5 Å². The first-order chi connectivity index (χ1) is 23.4. The van der Waals surface area contributed by atoms with Crippen LogP contribution in [0, 0.1) is 18.3 Å². The number of likely N-dealkylation sites (N-methyl/N-ethyl adjacent to an activating group) is 1. The topological polar surface area (TPSA) is 162 Å². The molecule has 12 heteroatoms. The molecule has 1 aliphatic rings. The average molecular weight is 683 g/mol. The summed E-state index contributed by atoms with van der Waals surface area (Å²) in [6.45, 7) is 2.59. The number of rotatable bonds is 10. The van der Waals surface area contributed by atoms with Crippen LogP contribution in [-0.4, -0.2) is 71.4 Å². The predicted molar refractivity (Wildman–Crippen MR) is 183 cm³/mol. The lowest BCUT2D eigenvalue weighted by Crippen LogP contribution is -2.41. The molecule has 4 aromatic rings. The zero-order chi connectivity index (χ0) is 35.3. The van der Waals surface area contributed by atoms with E-state index in [1.165, 1.54) is 42.3 Å². The Morgan fingerprint density at radius 2 is 1.57 bits per heavy atom. The fourth-order valence-corrected chi connectivity index (χ4v) is 6.98. The molecule has 1 fully saturated rings. The number of sulfonamides is 1. The van der Waals surface area contributed by atoms with E-state index >= 15 is 0 Å². The van der Waals surface area contributed by atoms with Crippen LogP contribution in [0.25, 0.3) is 0 Å². The van der Waals surface area contributed by atoms with Gasteiger partial charge in [-0.25, -0.2) is 8.42 Å². The van der Waals surface area contributed by atoms with Crippen molar-refractivity contribution in [3.63, 3.8) is 0 Å². The number of carbonyl (C=O) groups excluding carboxylic acids is 2. The van der Waals surface area contributed by atoms with E-state index in [1.807, 2.05) is 36.1 Å². The summed E-state index contributed by atoms with van der Waals surface area (Å²) < 4.78 is 27.4.